The molecule has 0 spiro atoms. The van der Waals surface area contributed by atoms with Crippen molar-refractivity contribution in [2.75, 3.05) is 13.3 Å². The van der Waals surface area contributed by atoms with Gasteiger partial charge < -0.3 is 4.74 Å². The Bertz CT molecular complexity index is 310. The minimum absolute atomic E-state index is 0.200. The zero-order valence-corrected chi connectivity index (χ0v) is 9.26. The highest BCUT2D eigenvalue weighted by molar-refractivity contribution is 9.10. The Morgan fingerprint density at radius 3 is 2.79 bits per heavy atom. The quantitative estimate of drug-likeness (QED) is 0.830. The Hall–Kier alpha value is -0.640. The first-order chi connectivity index (χ1) is 6.74. The van der Waals surface area contributed by atoms with Crippen LogP contribution in [-0.4, -0.2) is 18.3 Å². The van der Waals surface area contributed by atoms with Crippen LogP contribution in [0, 0.1) is 5.41 Å². The third-order valence-electron chi connectivity index (χ3n) is 2.47. The van der Waals surface area contributed by atoms with Gasteiger partial charge in [-0.05, 0) is 34.8 Å². The molecule has 1 aliphatic rings. The zero-order valence-electron chi connectivity index (χ0n) is 7.67. The highest BCUT2D eigenvalue weighted by atomic mass is 79.9. The van der Waals surface area contributed by atoms with Crippen molar-refractivity contribution in [2.24, 2.45) is 5.41 Å². The Kier molecular flexibility index (Phi) is 2.72. The van der Waals surface area contributed by atoms with Crippen molar-refractivity contribution >= 4 is 15.9 Å². The summed E-state index contributed by atoms with van der Waals surface area (Å²) in [6.07, 6.45) is 3.53. The molecule has 0 aliphatic heterocycles. The maximum absolute atomic E-state index is 12.5. The Morgan fingerprint density at radius 1 is 1.50 bits per heavy atom. The third kappa shape index (κ3) is 2.23. The largest absolute Gasteiger partial charge is 0.477 e. The molecule has 0 radical (unpaired) electrons. The predicted octanol–water partition coefficient (Wildman–Crippen LogP) is 2.97. The summed E-state index contributed by atoms with van der Waals surface area (Å²) in [4.78, 5) is 4.05. The van der Waals surface area contributed by atoms with Crippen molar-refractivity contribution in [1.82, 2.24) is 4.98 Å². The van der Waals surface area contributed by atoms with Crippen LogP contribution in [0.2, 0.25) is 0 Å². The Labute approximate surface area is 90.6 Å². The normalized spacial score (nSPS) is 17.9. The molecule has 0 saturated heterocycles. The summed E-state index contributed by atoms with van der Waals surface area (Å²) in [7, 11) is 0. The van der Waals surface area contributed by atoms with E-state index in [-0.39, 0.29) is 12.1 Å². The fourth-order valence-corrected chi connectivity index (χ4v) is 1.40. The number of alkyl halides is 1. The van der Waals surface area contributed by atoms with Crippen LogP contribution in [0.5, 0.6) is 5.88 Å². The number of nitrogens with zero attached hydrogens (tertiary/aromatic N) is 1. The molecular weight excluding hydrogens is 249 g/mol. The van der Waals surface area contributed by atoms with Crippen LogP contribution < -0.4 is 4.74 Å². The molecule has 0 bridgehead atoms. The highest BCUT2D eigenvalue weighted by Gasteiger charge is 2.43. The molecule has 0 amide bonds. The molecule has 0 N–H and O–H groups in total. The van der Waals surface area contributed by atoms with Gasteiger partial charge in [-0.3, -0.25) is 4.39 Å². The van der Waals surface area contributed by atoms with Crippen LogP contribution in [0.4, 0.5) is 4.39 Å². The van der Waals surface area contributed by atoms with Gasteiger partial charge in [-0.25, -0.2) is 4.98 Å². The van der Waals surface area contributed by atoms with Crippen molar-refractivity contribution in [1.29, 1.82) is 0 Å². The second-order valence-corrected chi connectivity index (χ2v) is 4.65. The molecule has 76 valence electrons. The summed E-state index contributed by atoms with van der Waals surface area (Å²) in [5.41, 5.74) is -0.200. The smallest absolute Gasteiger partial charge is 0.213 e. The van der Waals surface area contributed by atoms with Crippen LogP contribution in [0.25, 0.3) is 0 Å². The summed E-state index contributed by atoms with van der Waals surface area (Å²) in [6, 6.07) is 3.63. The molecule has 4 heteroatoms. The molecular formula is C10H11BrFNO. The molecule has 0 atom stereocenters. The van der Waals surface area contributed by atoms with E-state index >= 15 is 0 Å². The van der Waals surface area contributed by atoms with Crippen LogP contribution in [-0.2, 0) is 0 Å². The standard InChI is InChI=1S/C10H11BrFNO/c11-8-1-2-9(13-5-8)14-7-10(6-12)3-4-10/h1-2,5H,3-4,6-7H2. The van der Waals surface area contributed by atoms with E-state index in [0.717, 1.165) is 17.3 Å². The lowest BCUT2D eigenvalue weighted by atomic mass is 10.1. The summed E-state index contributed by atoms with van der Waals surface area (Å²) in [5, 5.41) is 0. The van der Waals surface area contributed by atoms with Gasteiger partial charge in [-0.1, -0.05) is 0 Å². The van der Waals surface area contributed by atoms with Crippen molar-refractivity contribution < 1.29 is 9.13 Å². The van der Waals surface area contributed by atoms with E-state index < -0.39 is 0 Å². The molecule has 2 nitrogen and oxygen atoms in total. The van der Waals surface area contributed by atoms with Crippen LogP contribution in [0.15, 0.2) is 22.8 Å². The maximum Gasteiger partial charge on any atom is 0.213 e. The predicted molar refractivity (Wildman–Crippen MR) is 55.1 cm³/mol. The van der Waals surface area contributed by atoms with E-state index in [1.165, 1.54) is 0 Å². The van der Waals surface area contributed by atoms with Gasteiger partial charge in [-0.2, -0.15) is 0 Å². The molecule has 0 aromatic carbocycles. The number of halogens is 2. The van der Waals surface area contributed by atoms with Gasteiger partial charge in [0.2, 0.25) is 5.88 Å². The Morgan fingerprint density at radius 2 is 2.29 bits per heavy atom. The molecule has 2 rings (SSSR count). The summed E-state index contributed by atoms with van der Waals surface area (Å²) < 4.78 is 18.8. The molecule has 14 heavy (non-hydrogen) atoms. The van der Waals surface area contributed by atoms with Gasteiger partial charge in [0.15, 0.2) is 0 Å². The second-order valence-electron chi connectivity index (χ2n) is 3.74. The molecule has 1 saturated carbocycles. The van der Waals surface area contributed by atoms with Crippen LogP contribution in [0.3, 0.4) is 0 Å². The SMILES string of the molecule is FCC1(COc2ccc(Br)cn2)CC1. The van der Waals surface area contributed by atoms with Gasteiger partial charge >= 0.3 is 0 Å². The molecule has 1 aromatic heterocycles. The minimum atomic E-state index is -0.288. The number of hydrogen-bond donors (Lipinski definition) is 0. The van der Waals surface area contributed by atoms with Gasteiger partial charge in [0.1, 0.15) is 0 Å². The second kappa shape index (κ2) is 3.85. The number of ether oxygens (including phenoxy) is 1. The van der Waals surface area contributed by atoms with E-state index in [9.17, 15) is 4.39 Å². The molecule has 1 aromatic rings. The maximum atomic E-state index is 12.5. The Balaban J connectivity index is 1.89. The molecule has 1 fully saturated rings. The van der Waals surface area contributed by atoms with E-state index in [1.54, 1.807) is 12.3 Å². The monoisotopic (exact) mass is 259 g/mol. The fraction of sp³-hybridized carbons (Fsp3) is 0.500. The zero-order chi connectivity index (χ0) is 10.0. The van der Waals surface area contributed by atoms with E-state index in [1.807, 2.05) is 6.07 Å². The molecule has 0 unspecified atom stereocenters. The molecule has 1 heterocycles. The van der Waals surface area contributed by atoms with Crippen molar-refractivity contribution in [3.05, 3.63) is 22.8 Å². The number of rotatable bonds is 4. The average Bonchev–Trinajstić information content (AvgIpc) is 2.98. The lowest BCUT2D eigenvalue weighted by Crippen LogP contribution is -2.15. The first-order valence-corrected chi connectivity index (χ1v) is 5.34. The number of aromatic nitrogens is 1. The van der Waals surface area contributed by atoms with Crippen LogP contribution >= 0.6 is 15.9 Å². The first-order valence-electron chi connectivity index (χ1n) is 4.54. The first kappa shape index (κ1) is 9.90. The molecule has 1 aliphatic carbocycles. The van der Waals surface area contributed by atoms with Gasteiger partial charge in [-0.15, -0.1) is 0 Å². The van der Waals surface area contributed by atoms with Crippen molar-refractivity contribution in [3.8, 4) is 5.88 Å². The van der Waals surface area contributed by atoms with Crippen LogP contribution in [0.1, 0.15) is 12.8 Å². The fourth-order valence-electron chi connectivity index (χ4n) is 1.17. The lowest BCUT2D eigenvalue weighted by molar-refractivity contribution is 0.194. The summed E-state index contributed by atoms with van der Waals surface area (Å²) >= 11 is 3.28. The van der Waals surface area contributed by atoms with Crippen molar-refractivity contribution in [3.63, 3.8) is 0 Å². The summed E-state index contributed by atoms with van der Waals surface area (Å²) in [5.74, 6) is 0.563. The van der Waals surface area contributed by atoms with E-state index in [2.05, 4.69) is 20.9 Å². The van der Waals surface area contributed by atoms with Gasteiger partial charge in [0.25, 0.3) is 0 Å². The third-order valence-corrected chi connectivity index (χ3v) is 2.94. The topological polar surface area (TPSA) is 22.1 Å². The van der Waals surface area contributed by atoms with E-state index in [0.29, 0.717) is 12.5 Å². The van der Waals surface area contributed by atoms with Gasteiger partial charge in [0, 0.05) is 22.2 Å². The van der Waals surface area contributed by atoms with Gasteiger partial charge in [0.05, 0.1) is 13.3 Å². The summed E-state index contributed by atoms with van der Waals surface area (Å²) in [6.45, 7) is 0.154. The van der Waals surface area contributed by atoms with E-state index in [4.69, 9.17) is 4.74 Å². The minimum Gasteiger partial charge on any atom is -0.477 e. The van der Waals surface area contributed by atoms with Crippen molar-refractivity contribution in [2.45, 2.75) is 12.8 Å². The lowest BCUT2D eigenvalue weighted by Gasteiger charge is -2.11. The highest BCUT2D eigenvalue weighted by Crippen LogP contribution is 2.46. The number of pyridine rings is 1. The number of hydrogen-bond acceptors (Lipinski definition) is 2. The average molecular weight is 260 g/mol.